The lowest BCUT2D eigenvalue weighted by Gasteiger charge is -2.02. The molecule has 6 nitrogen and oxygen atoms in total. The summed E-state index contributed by atoms with van der Waals surface area (Å²) in [5, 5.41) is 9.76. The number of hydrogen-bond donors (Lipinski definition) is 2. The van der Waals surface area contributed by atoms with E-state index in [1.807, 2.05) is 6.07 Å². The smallest absolute Gasteiger partial charge is 0.256 e. The molecule has 2 heterocycles. The SMILES string of the molecule is CCCc1cc(NC(=O)c2ccc3nccnc3c2)n[nH]1. The molecule has 6 heteroatoms. The summed E-state index contributed by atoms with van der Waals surface area (Å²) in [7, 11) is 0. The summed E-state index contributed by atoms with van der Waals surface area (Å²) in [5.41, 5.74) is 3.00. The van der Waals surface area contributed by atoms with Gasteiger partial charge in [-0.1, -0.05) is 13.3 Å². The van der Waals surface area contributed by atoms with Gasteiger partial charge in [0.2, 0.25) is 0 Å². The lowest BCUT2D eigenvalue weighted by molar-refractivity contribution is 0.102. The van der Waals surface area contributed by atoms with Crippen molar-refractivity contribution in [2.75, 3.05) is 5.32 Å². The van der Waals surface area contributed by atoms with Crippen LogP contribution in [-0.4, -0.2) is 26.1 Å². The van der Waals surface area contributed by atoms with E-state index in [1.165, 1.54) is 0 Å². The summed E-state index contributed by atoms with van der Waals surface area (Å²) in [4.78, 5) is 20.6. The van der Waals surface area contributed by atoms with Crippen molar-refractivity contribution in [1.29, 1.82) is 0 Å². The Bertz CT molecular complexity index is 780. The largest absolute Gasteiger partial charge is 0.305 e. The maximum atomic E-state index is 12.2. The molecule has 0 radical (unpaired) electrons. The molecule has 21 heavy (non-hydrogen) atoms. The van der Waals surface area contributed by atoms with E-state index < -0.39 is 0 Å². The van der Waals surface area contributed by atoms with Gasteiger partial charge < -0.3 is 5.32 Å². The molecule has 0 saturated heterocycles. The molecule has 0 saturated carbocycles. The van der Waals surface area contributed by atoms with Crippen molar-refractivity contribution in [1.82, 2.24) is 20.2 Å². The number of aryl methyl sites for hydroxylation is 1. The van der Waals surface area contributed by atoms with Crippen LogP contribution in [0, 0.1) is 0 Å². The molecule has 1 amide bonds. The number of carbonyl (C=O) groups excluding carboxylic acids is 1. The van der Waals surface area contributed by atoms with E-state index >= 15 is 0 Å². The van der Waals surface area contributed by atoms with Crippen molar-refractivity contribution in [3.05, 3.63) is 47.9 Å². The molecule has 0 bridgehead atoms. The van der Waals surface area contributed by atoms with E-state index in [4.69, 9.17) is 0 Å². The molecule has 0 aliphatic carbocycles. The molecule has 0 atom stereocenters. The normalized spacial score (nSPS) is 10.7. The fourth-order valence-electron chi connectivity index (χ4n) is 2.12. The molecular weight excluding hydrogens is 266 g/mol. The highest BCUT2D eigenvalue weighted by molar-refractivity contribution is 6.05. The van der Waals surface area contributed by atoms with Crippen LogP contribution < -0.4 is 5.32 Å². The predicted octanol–water partition coefficient (Wildman–Crippen LogP) is 2.56. The molecule has 0 unspecified atom stereocenters. The van der Waals surface area contributed by atoms with Gasteiger partial charge in [0.1, 0.15) is 0 Å². The zero-order chi connectivity index (χ0) is 14.7. The minimum atomic E-state index is -0.211. The summed E-state index contributed by atoms with van der Waals surface area (Å²) in [6.45, 7) is 2.09. The molecule has 0 spiro atoms. The fraction of sp³-hybridized carbons (Fsp3) is 0.200. The number of carbonyl (C=O) groups is 1. The molecule has 0 aliphatic rings. The lowest BCUT2D eigenvalue weighted by atomic mass is 10.2. The van der Waals surface area contributed by atoms with Crippen molar-refractivity contribution in [2.45, 2.75) is 19.8 Å². The molecular formula is C15H15N5O. The number of hydrogen-bond acceptors (Lipinski definition) is 4. The van der Waals surface area contributed by atoms with Crippen molar-refractivity contribution >= 4 is 22.8 Å². The summed E-state index contributed by atoms with van der Waals surface area (Å²) >= 11 is 0. The number of anilines is 1. The van der Waals surface area contributed by atoms with E-state index in [0.29, 0.717) is 16.9 Å². The van der Waals surface area contributed by atoms with Crippen molar-refractivity contribution < 1.29 is 4.79 Å². The first-order chi connectivity index (χ1) is 10.3. The van der Waals surface area contributed by atoms with Crippen LogP contribution in [0.25, 0.3) is 11.0 Å². The minimum absolute atomic E-state index is 0.211. The first kappa shape index (κ1) is 13.2. The Labute approximate surface area is 121 Å². The number of H-pyrrole nitrogens is 1. The topological polar surface area (TPSA) is 83.6 Å². The standard InChI is InChI=1S/C15H15N5O/c1-2-3-11-9-14(20-19-11)18-15(21)10-4-5-12-13(8-10)17-7-6-16-12/h4-9H,2-3H2,1H3,(H2,18,19,20,21). The van der Waals surface area contributed by atoms with E-state index in [1.54, 1.807) is 30.6 Å². The fourth-order valence-corrected chi connectivity index (χ4v) is 2.12. The van der Waals surface area contributed by atoms with Gasteiger partial charge in [0.15, 0.2) is 5.82 Å². The van der Waals surface area contributed by atoms with Crippen LogP contribution in [-0.2, 0) is 6.42 Å². The Morgan fingerprint density at radius 1 is 1.19 bits per heavy atom. The lowest BCUT2D eigenvalue weighted by Crippen LogP contribution is -2.12. The second-order valence-electron chi connectivity index (χ2n) is 4.74. The summed E-state index contributed by atoms with van der Waals surface area (Å²) in [6.07, 6.45) is 5.17. The molecule has 106 valence electrons. The van der Waals surface area contributed by atoms with Gasteiger partial charge in [-0.2, -0.15) is 5.10 Å². The zero-order valence-electron chi connectivity index (χ0n) is 11.6. The van der Waals surface area contributed by atoms with Crippen molar-refractivity contribution in [2.24, 2.45) is 0 Å². The quantitative estimate of drug-likeness (QED) is 0.769. The van der Waals surface area contributed by atoms with E-state index in [0.717, 1.165) is 24.1 Å². The maximum absolute atomic E-state index is 12.2. The number of rotatable bonds is 4. The first-order valence-electron chi connectivity index (χ1n) is 6.82. The van der Waals surface area contributed by atoms with Gasteiger partial charge in [-0.3, -0.25) is 19.9 Å². The predicted molar refractivity (Wildman–Crippen MR) is 80.1 cm³/mol. The maximum Gasteiger partial charge on any atom is 0.256 e. The van der Waals surface area contributed by atoms with Gasteiger partial charge in [-0.15, -0.1) is 0 Å². The molecule has 3 rings (SSSR count). The van der Waals surface area contributed by atoms with Crippen LogP contribution in [0.2, 0.25) is 0 Å². The second-order valence-corrected chi connectivity index (χ2v) is 4.74. The van der Waals surface area contributed by atoms with Gasteiger partial charge in [-0.25, -0.2) is 0 Å². The number of nitrogens with zero attached hydrogens (tertiary/aromatic N) is 3. The second kappa shape index (κ2) is 5.70. The van der Waals surface area contributed by atoms with Crippen molar-refractivity contribution in [3.8, 4) is 0 Å². The average molecular weight is 281 g/mol. The number of fused-ring (bicyclic) bond motifs is 1. The third kappa shape index (κ3) is 2.89. The number of aromatic nitrogens is 4. The number of benzene rings is 1. The average Bonchev–Trinajstić information content (AvgIpc) is 2.94. The molecule has 0 fully saturated rings. The monoisotopic (exact) mass is 281 g/mol. The molecule has 2 N–H and O–H groups in total. The van der Waals surface area contributed by atoms with Crippen molar-refractivity contribution in [3.63, 3.8) is 0 Å². The third-order valence-electron chi connectivity index (χ3n) is 3.12. The van der Waals surface area contributed by atoms with E-state index in [2.05, 4.69) is 32.4 Å². The number of aromatic amines is 1. The minimum Gasteiger partial charge on any atom is -0.305 e. The van der Waals surface area contributed by atoms with Crippen LogP contribution in [0.3, 0.4) is 0 Å². The molecule has 2 aromatic heterocycles. The van der Waals surface area contributed by atoms with Crippen LogP contribution in [0.4, 0.5) is 5.82 Å². The Hall–Kier alpha value is -2.76. The Morgan fingerprint density at radius 3 is 2.81 bits per heavy atom. The van der Waals surface area contributed by atoms with Gasteiger partial charge in [0.05, 0.1) is 11.0 Å². The van der Waals surface area contributed by atoms with Gasteiger partial charge in [0.25, 0.3) is 5.91 Å². The van der Waals surface area contributed by atoms with E-state index in [-0.39, 0.29) is 5.91 Å². The molecule has 0 aliphatic heterocycles. The Kier molecular flexibility index (Phi) is 3.59. The van der Waals surface area contributed by atoms with Gasteiger partial charge in [0, 0.05) is 29.7 Å². The van der Waals surface area contributed by atoms with E-state index in [9.17, 15) is 4.79 Å². The molecule has 3 aromatic rings. The number of amides is 1. The third-order valence-corrected chi connectivity index (χ3v) is 3.12. The highest BCUT2D eigenvalue weighted by atomic mass is 16.1. The summed E-state index contributed by atoms with van der Waals surface area (Å²) in [5.74, 6) is 0.319. The molecule has 1 aromatic carbocycles. The summed E-state index contributed by atoms with van der Waals surface area (Å²) in [6, 6.07) is 7.08. The van der Waals surface area contributed by atoms with Gasteiger partial charge >= 0.3 is 0 Å². The van der Waals surface area contributed by atoms with Crippen LogP contribution in [0.15, 0.2) is 36.7 Å². The van der Waals surface area contributed by atoms with Crippen LogP contribution >= 0.6 is 0 Å². The summed E-state index contributed by atoms with van der Waals surface area (Å²) < 4.78 is 0. The highest BCUT2D eigenvalue weighted by Crippen LogP contribution is 2.13. The Balaban J connectivity index is 1.79. The van der Waals surface area contributed by atoms with Gasteiger partial charge in [-0.05, 0) is 24.6 Å². The van der Waals surface area contributed by atoms with Crippen LogP contribution in [0.5, 0.6) is 0 Å². The zero-order valence-corrected chi connectivity index (χ0v) is 11.6. The van der Waals surface area contributed by atoms with Crippen LogP contribution in [0.1, 0.15) is 29.4 Å². The highest BCUT2D eigenvalue weighted by Gasteiger charge is 2.09. The first-order valence-corrected chi connectivity index (χ1v) is 6.82. The number of nitrogens with one attached hydrogen (secondary N) is 2. The Morgan fingerprint density at radius 2 is 2.00 bits per heavy atom.